The molecule has 0 aliphatic heterocycles. The van der Waals surface area contributed by atoms with E-state index >= 15 is 0 Å². The van der Waals surface area contributed by atoms with Gasteiger partial charge in [-0.25, -0.2) is 8.78 Å². The average molecular weight is 391 g/mol. The van der Waals surface area contributed by atoms with Crippen LogP contribution in [0, 0.1) is 11.6 Å². The minimum atomic E-state index is -0.899. The molecule has 0 radical (unpaired) electrons. The highest BCUT2D eigenvalue weighted by molar-refractivity contribution is 9.11. The Kier molecular flexibility index (Phi) is 4.31. The van der Waals surface area contributed by atoms with E-state index in [1.54, 1.807) is 18.2 Å². The molecule has 0 aliphatic carbocycles. The Morgan fingerprint density at radius 1 is 1.05 bits per heavy atom. The maximum atomic E-state index is 13.5. The number of nitrogens with one attached hydrogen (secondary N) is 1. The van der Waals surface area contributed by atoms with E-state index in [0.29, 0.717) is 16.2 Å². The lowest BCUT2D eigenvalue weighted by Gasteiger charge is -2.08. The van der Waals surface area contributed by atoms with Gasteiger partial charge >= 0.3 is 0 Å². The predicted octanol–water partition coefficient (Wildman–Crippen LogP) is 4.74. The number of amides is 1. The van der Waals surface area contributed by atoms with Crippen molar-refractivity contribution in [1.29, 1.82) is 0 Å². The third-order valence-electron chi connectivity index (χ3n) is 2.35. The summed E-state index contributed by atoms with van der Waals surface area (Å²) < 4.78 is 27.7. The molecular weight excluding hydrogens is 384 g/mol. The number of rotatable bonds is 2. The molecule has 0 aliphatic rings. The molecule has 0 aromatic heterocycles. The van der Waals surface area contributed by atoms with E-state index in [-0.39, 0.29) is 5.56 Å². The van der Waals surface area contributed by atoms with Crippen LogP contribution in [0.3, 0.4) is 0 Å². The Balaban J connectivity index is 2.28. The van der Waals surface area contributed by atoms with Crippen molar-refractivity contribution in [3.8, 4) is 0 Å². The fourth-order valence-electron chi connectivity index (χ4n) is 1.46. The number of hydrogen-bond acceptors (Lipinski definition) is 1. The van der Waals surface area contributed by atoms with Crippen LogP contribution in [0.1, 0.15) is 10.4 Å². The molecular formula is C13H7Br2F2NO. The second kappa shape index (κ2) is 5.79. The summed E-state index contributed by atoms with van der Waals surface area (Å²) >= 11 is 6.54. The molecule has 19 heavy (non-hydrogen) atoms. The van der Waals surface area contributed by atoms with Crippen LogP contribution in [-0.4, -0.2) is 5.91 Å². The fourth-order valence-corrected chi connectivity index (χ4v) is 2.16. The van der Waals surface area contributed by atoms with Crippen molar-refractivity contribution < 1.29 is 13.6 Å². The molecule has 0 heterocycles. The maximum Gasteiger partial charge on any atom is 0.258 e. The molecule has 0 atom stereocenters. The van der Waals surface area contributed by atoms with E-state index in [0.717, 1.165) is 16.6 Å². The van der Waals surface area contributed by atoms with Crippen LogP contribution in [0.5, 0.6) is 0 Å². The highest BCUT2D eigenvalue weighted by atomic mass is 79.9. The number of anilines is 1. The van der Waals surface area contributed by atoms with Crippen molar-refractivity contribution in [1.82, 2.24) is 0 Å². The van der Waals surface area contributed by atoms with Crippen molar-refractivity contribution in [2.45, 2.75) is 0 Å². The number of hydrogen-bond donors (Lipinski definition) is 1. The normalized spacial score (nSPS) is 10.3. The lowest BCUT2D eigenvalue weighted by Crippen LogP contribution is -2.14. The highest BCUT2D eigenvalue weighted by Crippen LogP contribution is 2.26. The van der Waals surface area contributed by atoms with Crippen LogP contribution >= 0.6 is 31.9 Å². The Morgan fingerprint density at radius 3 is 2.47 bits per heavy atom. The molecule has 6 heteroatoms. The first-order chi connectivity index (χ1) is 8.97. The zero-order valence-corrected chi connectivity index (χ0v) is 12.6. The van der Waals surface area contributed by atoms with E-state index in [1.807, 2.05) is 0 Å². The molecule has 2 nitrogen and oxygen atoms in total. The SMILES string of the molecule is O=C(Nc1cc(Br)ccc1Br)c1ccc(F)cc1F. The molecule has 2 aromatic carbocycles. The van der Waals surface area contributed by atoms with Crippen LogP contribution in [-0.2, 0) is 0 Å². The topological polar surface area (TPSA) is 29.1 Å². The average Bonchev–Trinajstić information content (AvgIpc) is 2.33. The standard InChI is InChI=1S/C13H7Br2F2NO/c14-7-1-4-10(15)12(5-7)18-13(19)9-3-2-8(16)6-11(9)17/h1-6H,(H,18,19). The predicted molar refractivity (Wildman–Crippen MR) is 76.2 cm³/mol. The number of benzene rings is 2. The minimum Gasteiger partial charge on any atom is -0.321 e. The molecule has 0 saturated carbocycles. The summed E-state index contributed by atoms with van der Waals surface area (Å²) in [7, 11) is 0. The van der Waals surface area contributed by atoms with E-state index < -0.39 is 17.5 Å². The van der Waals surface area contributed by atoms with Crippen LogP contribution in [0.15, 0.2) is 45.3 Å². The zero-order chi connectivity index (χ0) is 14.0. The molecule has 0 fully saturated rings. The van der Waals surface area contributed by atoms with E-state index in [9.17, 15) is 13.6 Å². The van der Waals surface area contributed by atoms with Gasteiger partial charge in [-0.15, -0.1) is 0 Å². The second-order valence-electron chi connectivity index (χ2n) is 3.70. The van der Waals surface area contributed by atoms with Crippen molar-refractivity contribution in [2.24, 2.45) is 0 Å². The smallest absolute Gasteiger partial charge is 0.258 e. The van der Waals surface area contributed by atoms with Gasteiger partial charge in [0.15, 0.2) is 0 Å². The Morgan fingerprint density at radius 2 is 1.79 bits per heavy atom. The summed E-state index contributed by atoms with van der Waals surface area (Å²) in [5, 5.41) is 2.55. The molecule has 1 amide bonds. The highest BCUT2D eigenvalue weighted by Gasteiger charge is 2.14. The van der Waals surface area contributed by atoms with E-state index in [2.05, 4.69) is 37.2 Å². The quantitative estimate of drug-likeness (QED) is 0.788. The minimum absolute atomic E-state index is 0.215. The Bertz CT molecular complexity index is 647. The van der Waals surface area contributed by atoms with Crippen LogP contribution < -0.4 is 5.32 Å². The fraction of sp³-hybridized carbons (Fsp3) is 0. The lowest BCUT2D eigenvalue weighted by atomic mass is 10.2. The van der Waals surface area contributed by atoms with Crippen LogP contribution in [0.4, 0.5) is 14.5 Å². The van der Waals surface area contributed by atoms with Gasteiger partial charge in [0.05, 0.1) is 11.3 Å². The largest absolute Gasteiger partial charge is 0.321 e. The summed E-state index contributed by atoms with van der Waals surface area (Å²) in [6, 6.07) is 8.01. The van der Waals surface area contributed by atoms with Gasteiger partial charge in [-0.1, -0.05) is 15.9 Å². The maximum absolute atomic E-state index is 13.5. The summed E-state index contributed by atoms with van der Waals surface area (Å²) in [5.41, 5.74) is 0.274. The van der Waals surface area contributed by atoms with Gasteiger partial charge in [0.1, 0.15) is 11.6 Å². The second-order valence-corrected chi connectivity index (χ2v) is 5.47. The molecule has 2 rings (SSSR count). The molecule has 0 unspecified atom stereocenters. The molecule has 0 saturated heterocycles. The van der Waals surface area contributed by atoms with Crippen LogP contribution in [0.25, 0.3) is 0 Å². The van der Waals surface area contributed by atoms with Crippen LogP contribution in [0.2, 0.25) is 0 Å². The lowest BCUT2D eigenvalue weighted by molar-refractivity contribution is 0.102. The van der Waals surface area contributed by atoms with Crippen molar-refractivity contribution in [2.75, 3.05) is 5.32 Å². The number of carbonyl (C=O) groups is 1. The first-order valence-corrected chi connectivity index (χ1v) is 6.77. The summed E-state index contributed by atoms with van der Waals surface area (Å²) in [5.74, 6) is -2.27. The van der Waals surface area contributed by atoms with Gasteiger partial charge in [0.2, 0.25) is 0 Å². The molecule has 0 bridgehead atoms. The van der Waals surface area contributed by atoms with E-state index in [4.69, 9.17) is 0 Å². The zero-order valence-electron chi connectivity index (χ0n) is 9.38. The van der Waals surface area contributed by atoms with Gasteiger partial charge in [0, 0.05) is 15.0 Å². The summed E-state index contributed by atoms with van der Waals surface area (Å²) in [6.45, 7) is 0. The first-order valence-electron chi connectivity index (χ1n) is 5.19. The van der Waals surface area contributed by atoms with Crippen molar-refractivity contribution in [3.63, 3.8) is 0 Å². The Labute approximate surface area is 125 Å². The van der Waals surface area contributed by atoms with Gasteiger partial charge in [-0.3, -0.25) is 4.79 Å². The third-order valence-corrected chi connectivity index (χ3v) is 3.54. The van der Waals surface area contributed by atoms with Gasteiger partial charge in [-0.2, -0.15) is 0 Å². The van der Waals surface area contributed by atoms with Gasteiger partial charge < -0.3 is 5.32 Å². The number of carbonyl (C=O) groups excluding carboxylic acids is 1. The molecule has 2 aromatic rings. The van der Waals surface area contributed by atoms with Crippen molar-refractivity contribution in [3.05, 3.63) is 62.5 Å². The Hall–Kier alpha value is -1.27. The first kappa shape index (κ1) is 14.1. The van der Waals surface area contributed by atoms with Gasteiger partial charge in [0.25, 0.3) is 5.91 Å². The summed E-state index contributed by atoms with van der Waals surface area (Å²) in [6.07, 6.45) is 0. The molecule has 0 spiro atoms. The number of halogens is 4. The monoisotopic (exact) mass is 389 g/mol. The third kappa shape index (κ3) is 3.39. The molecule has 98 valence electrons. The van der Waals surface area contributed by atoms with Crippen molar-refractivity contribution >= 4 is 43.5 Å². The van der Waals surface area contributed by atoms with Gasteiger partial charge in [-0.05, 0) is 46.3 Å². The summed E-state index contributed by atoms with van der Waals surface area (Å²) in [4.78, 5) is 11.9. The van der Waals surface area contributed by atoms with E-state index in [1.165, 1.54) is 0 Å². The molecule has 1 N–H and O–H groups in total.